The van der Waals surface area contributed by atoms with Gasteiger partial charge < -0.3 is 9.55 Å². The Kier molecular flexibility index (Phi) is 8.96. The first kappa shape index (κ1) is 28.5. The van der Waals surface area contributed by atoms with Crippen molar-refractivity contribution in [1.29, 1.82) is 0 Å². The summed E-state index contributed by atoms with van der Waals surface area (Å²) >= 11 is 0. The number of imidazole rings is 1. The number of nitrogens with zero attached hydrogens (tertiary/aromatic N) is 3. The van der Waals surface area contributed by atoms with E-state index in [-0.39, 0.29) is 53.3 Å². The third-order valence-corrected chi connectivity index (χ3v) is 10.4. The fourth-order valence-electron chi connectivity index (χ4n) is 7.26. The minimum atomic E-state index is -2.65. The largest absolute Gasteiger partial charge is 0.340 e. The molecule has 55 heavy (non-hydrogen) atoms. The molecular weight excluding hydrogens is 847 g/mol. The quantitative estimate of drug-likeness (QED) is 0.156. The van der Waals surface area contributed by atoms with Crippen LogP contribution in [0.15, 0.2) is 128 Å². The molecule has 0 atom stereocenters. The van der Waals surface area contributed by atoms with Crippen molar-refractivity contribution in [3.8, 4) is 50.6 Å². The van der Waals surface area contributed by atoms with Gasteiger partial charge in [-0.05, 0) is 133 Å². The summed E-state index contributed by atoms with van der Waals surface area (Å²) < 4.78 is 86.0. The minimum Gasteiger partial charge on any atom is -0.340 e. The summed E-state index contributed by atoms with van der Waals surface area (Å²) in [4.78, 5) is 8.82. The minimum absolute atomic E-state index is 0. The first-order valence-electron chi connectivity index (χ1n) is 23.4. The number of pyridine rings is 1. The van der Waals surface area contributed by atoms with E-state index < -0.39 is 26.4 Å². The Morgan fingerprint density at radius 1 is 0.691 bits per heavy atom. The maximum absolute atomic E-state index is 9.19. The molecule has 0 saturated heterocycles. The zero-order valence-electron chi connectivity index (χ0n) is 41.6. The average molecular weight is 908 g/mol. The van der Waals surface area contributed by atoms with Crippen LogP contribution in [0.5, 0.6) is 0 Å². The van der Waals surface area contributed by atoms with Crippen molar-refractivity contribution in [3.63, 3.8) is 0 Å². The van der Waals surface area contributed by atoms with E-state index in [0.717, 1.165) is 24.2 Å². The molecule has 0 aliphatic heterocycles. The molecule has 5 aromatic carbocycles. The molecule has 7 aromatic rings. The van der Waals surface area contributed by atoms with Crippen LogP contribution < -0.4 is 0 Å². The van der Waals surface area contributed by atoms with Crippen molar-refractivity contribution >= 4 is 0 Å². The zero-order valence-corrected chi connectivity index (χ0v) is 34.0. The van der Waals surface area contributed by atoms with Crippen LogP contribution in [-0.2, 0) is 20.1 Å². The molecule has 3 nitrogen and oxygen atoms in total. The smallest absolute Gasteiger partial charge is 0.0602 e. The summed E-state index contributed by atoms with van der Waals surface area (Å²) in [6, 6.07) is 38.9. The third kappa shape index (κ3) is 8.99. The SMILES string of the molecule is Cc1cccc(C)c1-n1ccnc1-c1[c-]cccc1.[2H]C([2H])([2H])c1cc(C2([2H])CCC(C)(C)CC2)ccc1-c1ccc(-c2cc(-c3[c-]cccc3)ncc2C([2H])([2H])[2H])c(C([2H])([2H])[2H])c1.[Ir]. The molecule has 0 bridgehead atoms. The maximum Gasteiger partial charge on any atom is 0.0602 e. The van der Waals surface area contributed by atoms with Gasteiger partial charge in [-0.3, -0.25) is 4.98 Å². The van der Waals surface area contributed by atoms with Gasteiger partial charge in [-0.1, -0.05) is 74.5 Å². The molecule has 4 heteroatoms. The Balaban J connectivity index is 0.000000291. The molecule has 2 heterocycles. The van der Waals surface area contributed by atoms with Crippen molar-refractivity contribution in [2.45, 2.75) is 79.8 Å². The van der Waals surface area contributed by atoms with E-state index in [9.17, 15) is 1.37 Å². The predicted molar refractivity (Wildman–Crippen MR) is 226 cm³/mol. The van der Waals surface area contributed by atoms with Crippen molar-refractivity contribution in [3.05, 3.63) is 173 Å². The van der Waals surface area contributed by atoms with Gasteiger partial charge in [0.05, 0.1) is 5.82 Å². The van der Waals surface area contributed by atoms with Crippen molar-refractivity contribution in [1.82, 2.24) is 14.5 Å². The number of aromatic nitrogens is 3. The molecule has 2 aromatic heterocycles. The second kappa shape index (κ2) is 17.3. The van der Waals surface area contributed by atoms with Gasteiger partial charge in [0.1, 0.15) is 0 Å². The predicted octanol–water partition coefficient (Wildman–Crippen LogP) is 13.4. The number of aryl methyl sites for hydroxylation is 5. The summed E-state index contributed by atoms with van der Waals surface area (Å²) in [5.41, 5.74) is 7.54. The molecule has 281 valence electrons. The van der Waals surface area contributed by atoms with E-state index in [2.05, 4.69) is 72.6 Å². The first-order chi connectivity index (χ1) is 30.1. The normalized spacial score (nSPS) is 17.7. The van der Waals surface area contributed by atoms with E-state index >= 15 is 0 Å². The van der Waals surface area contributed by atoms with Gasteiger partial charge >= 0.3 is 0 Å². The summed E-state index contributed by atoms with van der Waals surface area (Å²) in [7, 11) is 0. The van der Waals surface area contributed by atoms with E-state index in [0.29, 0.717) is 40.8 Å². The Labute approximate surface area is 356 Å². The van der Waals surface area contributed by atoms with Crippen LogP contribution >= 0.6 is 0 Å². The fourth-order valence-corrected chi connectivity index (χ4v) is 7.26. The zero-order chi connectivity index (χ0) is 46.2. The topological polar surface area (TPSA) is 30.7 Å². The van der Waals surface area contributed by atoms with Crippen LogP contribution in [-0.4, -0.2) is 14.5 Å². The van der Waals surface area contributed by atoms with Crippen LogP contribution in [0.4, 0.5) is 0 Å². The number of para-hydroxylation sites is 1. The Morgan fingerprint density at radius 3 is 2.04 bits per heavy atom. The van der Waals surface area contributed by atoms with E-state index in [1.54, 1.807) is 60.7 Å². The molecule has 1 radical (unpaired) electrons. The number of hydrogen-bond donors (Lipinski definition) is 0. The number of hydrogen-bond acceptors (Lipinski definition) is 2. The van der Waals surface area contributed by atoms with Gasteiger partial charge in [0, 0.05) is 58.1 Å². The van der Waals surface area contributed by atoms with Gasteiger partial charge in [-0.25, -0.2) is 0 Å². The Hall–Kier alpha value is -4.89. The molecule has 1 fully saturated rings. The van der Waals surface area contributed by atoms with Crippen molar-refractivity contribution in [2.75, 3.05) is 0 Å². The third-order valence-electron chi connectivity index (χ3n) is 10.4. The summed E-state index contributed by atoms with van der Waals surface area (Å²) in [6.45, 7) is 0.876. The van der Waals surface area contributed by atoms with Gasteiger partial charge in [0.2, 0.25) is 0 Å². The van der Waals surface area contributed by atoms with Crippen LogP contribution in [0.1, 0.15) is 92.5 Å². The van der Waals surface area contributed by atoms with Crippen molar-refractivity contribution < 1.29 is 33.8 Å². The fraction of sp³-hybridized carbons (Fsp3) is 0.255. The van der Waals surface area contributed by atoms with Gasteiger partial charge in [-0.15, -0.1) is 71.8 Å². The van der Waals surface area contributed by atoms with E-state index in [4.69, 9.17) is 12.3 Å². The van der Waals surface area contributed by atoms with Crippen LogP contribution in [0.2, 0.25) is 0 Å². The molecule has 1 saturated carbocycles. The standard InChI is InChI=1S/C34H36N.C17H15N2.Ir/c1-23-19-28(26-15-17-34(4,5)18-16-26)11-13-30(23)29-12-14-31(24(2)20-29)32-21-33(35-22-25(32)3)27-9-7-6-8-10-27;1-13-7-6-8-14(2)16(13)19-12-11-18-17(19)15-9-4-3-5-10-15;/h6-9,11-14,19-22,26H,15-18H2,1-5H3;3-9,11-12H,1-2H3;/q2*-1;/i1D3,2D3,3D3,26D;;. The van der Waals surface area contributed by atoms with E-state index in [1.807, 2.05) is 36.7 Å². The number of rotatable bonds is 6. The number of benzene rings is 5. The maximum atomic E-state index is 9.19. The van der Waals surface area contributed by atoms with Gasteiger partial charge in [0.15, 0.2) is 0 Å². The second-order valence-corrected chi connectivity index (χ2v) is 14.8. The van der Waals surface area contributed by atoms with Crippen LogP contribution in [0, 0.1) is 52.0 Å². The first-order valence-corrected chi connectivity index (χ1v) is 18.4. The molecule has 0 unspecified atom stereocenters. The van der Waals surface area contributed by atoms with Gasteiger partial charge in [0.25, 0.3) is 0 Å². The van der Waals surface area contributed by atoms with Crippen LogP contribution in [0.25, 0.3) is 50.6 Å². The summed E-state index contributed by atoms with van der Waals surface area (Å²) in [5.74, 6) is 0.0286. The molecule has 0 N–H and O–H groups in total. The van der Waals surface area contributed by atoms with E-state index in [1.165, 1.54) is 29.1 Å². The molecule has 0 spiro atoms. The molecule has 1 aliphatic carbocycles. The summed E-state index contributed by atoms with van der Waals surface area (Å²) in [6.07, 6.45) is 8.07. The molecule has 0 amide bonds. The second-order valence-electron chi connectivity index (χ2n) is 14.8. The Bertz CT molecular complexity index is 2730. The molecule has 8 rings (SSSR count). The van der Waals surface area contributed by atoms with Crippen molar-refractivity contribution in [2.24, 2.45) is 5.41 Å². The Morgan fingerprint density at radius 2 is 1.36 bits per heavy atom. The average Bonchev–Trinajstić information content (AvgIpc) is 3.74. The summed E-state index contributed by atoms with van der Waals surface area (Å²) in [5, 5.41) is 0. The molecule has 1 aliphatic rings. The monoisotopic (exact) mass is 908 g/mol. The van der Waals surface area contributed by atoms with Gasteiger partial charge in [-0.2, -0.15) is 0 Å². The van der Waals surface area contributed by atoms with Crippen LogP contribution in [0.3, 0.4) is 0 Å². The molecular formula is C51H51IrN3-2.